The first-order valence-electron chi connectivity index (χ1n) is 7.11. The van der Waals surface area contributed by atoms with Crippen molar-refractivity contribution in [1.29, 1.82) is 0 Å². The van der Waals surface area contributed by atoms with E-state index in [2.05, 4.69) is 59.0 Å². The number of nitrogens with one attached hydrogen (secondary N) is 1. The Kier molecular flexibility index (Phi) is 5.87. The van der Waals surface area contributed by atoms with Gasteiger partial charge < -0.3 is 5.32 Å². The molecule has 0 saturated heterocycles. The van der Waals surface area contributed by atoms with Gasteiger partial charge in [-0.25, -0.2) is 0 Å². The minimum atomic E-state index is 0.284. The van der Waals surface area contributed by atoms with Gasteiger partial charge in [-0.1, -0.05) is 34.6 Å². The molecule has 1 heterocycles. The van der Waals surface area contributed by atoms with Crippen LogP contribution in [0.5, 0.6) is 0 Å². The summed E-state index contributed by atoms with van der Waals surface area (Å²) in [6.45, 7) is 14.7. The molecule has 2 heteroatoms. The maximum Gasteiger partial charge on any atom is 0.0302 e. The number of thiophene rings is 1. The molecule has 18 heavy (non-hydrogen) atoms. The average Bonchev–Trinajstić information content (AvgIpc) is 2.71. The predicted molar refractivity (Wildman–Crippen MR) is 83.4 cm³/mol. The van der Waals surface area contributed by atoms with Crippen LogP contribution in [0.1, 0.15) is 64.1 Å². The summed E-state index contributed by atoms with van der Waals surface area (Å²) >= 11 is 1.94. The van der Waals surface area contributed by atoms with E-state index < -0.39 is 0 Å². The number of hydrogen-bond donors (Lipinski definition) is 1. The van der Waals surface area contributed by atoms with Crippen LogP contribution in [-0.2, 0) is 12.0 Å². The highest BCUT2D eigenvalue weighted by molar-refractivity contribution is 7.12. The van der Waals surface area contributed by atoms with Crippen molar-refractivity contribution in [1.82, 2.24) is 5.32 Å². The molecule has 1 unspecified atom stereocenters. The molecule has 1 N–H and O–H groups in total. The van der Waals surface area contributed by atoms with Gasteiger partial charge in [0, 0.05) is 22.3 Å². The summed E-state index contributed by atoms with van der Waals surface area (Å²) in [4.78, 5) is 2.94. The van der Waals surface area contributed by atoms with Crippen molar-refractivity contribution in [3.05, 3.63) is 21.9 Å². The second-order valence-corrected chi connectivity index (χ2v) is 7.94. The van der Waals surface area contributed by atoms with Gasteiger partial charge in [-0.3, -0.25) is 0 Å². The zero-order valence-corrected chi connectivity index (χ0v) is 13.7. The van der Waals surface area contributed by atoms with Crippen LogP contribution in [0, 0.1) is 5.92 Å². The fraction of sp³-hybridized carbons (Fsp3) is 0.750. The third-order valence-corrected chi connectivity index (χ3v) is 4.71. The molecule has 0 aromatic carbocycles. The van der Waals surface area contributed by atoms with Gasteiger partial charge in [-0.15, -0.1) is 11.3 Å². The zero-order chi connectivity index (χ0) is 13.8. The average molecular weight is 267 g/mol. The molecule has 1 aromatic rings. The number of hydrogen-bond acceptors (Lipinski definition) is 2. The van der Waals surface area contributed by atoms with Crippen LogP contribution in [0.25, 0.3) is 0 Å². The SMILES string of the molecule is CC(C)CCC(C)NCc1ccc(C(C)(C)C)s1. The van der Waals surface area contributed by atoms with E-state index in [-0.39, 0.29) is 5.41 Å². The molecule has 0 aliphatic carbocycles. The number of rotatable bonds is 6. The molecule has 1 rings (SSSR count). The van der Waals surface area contributed by atoms with Crippen LogP contribution in [-0.4, -0.2) is 6.04 Å². The van der Waals surface area contributed by atoms with Crippen molar-refractivity contribution in [2.24, 2.45) is 5.92 Å². The van der Waals surface area contributed by atoms with Crippen LogP contribution in [0.15, 0.2) is 12.1 Å². The smallest absolute Gasteiger partial charge is 0.0302 e. The van der Waals surface area contributed by atoms with E-state index in [1.165, 1.54) is 22.6 Å². The molecular formula is C16H29NS. The van der Waals surface area contributed by atoms with Crippen molar-refractivity contribution in [3.63, 3.8) is 0 Å². The third-order valence-electron chi connectivity index (χ3n) is 3.20. The molecule has 0 bridgehead atoms. The Balaban J connectivity index is 2.37. The molecule has 104 valence electrons. The molecule has 0 saturated carbocycles. The van der Waals surface area contributed by atoms with E-state index >= 15 is 0 Å². The van der Waals surface area contributed by atoms with Gasteiger partial charge in [-0.05, 0) is 43.2 Å². The predicted octanol–water partition coefficient (Wildman–Crippen LogP) is 4.96. The van der Waals surface area contributed by atoms with Crippen molar-refractivity contribution < 1.29 is 0 Å². The Labute approximate surface area is 117 Å². The summed E-state index contributed by atoms with van der Waals surface area (Å²) in [5, 5.41) is 3.63. The summed E-state index contributed by atoms with van der Waals surface area (Å²) in [7, 11) is 0. The molecule has 0 radical (unpaired) electrons. The molecule has 1 aromatic heterocycles. The zero-order valence-electron chi connectivity index (χ0n) is 12.8. The standard InChI is InChI=1S/C16H29NS/c1-12(2)7-8-13(3)17-11-14-9-10-15(18-14)16(4,5)6/h9-10,12-13,17H,7-8,11H2,1-6H3. The van der Waals surface area contributed by atoms with Gasteiger partial charge in [0.25, 0.3) is 0 Å². The van der Waals surface area contributed by atoms with Gasteiger partial charge in [0.15, 0.2) is 0 Å². The summed E-state index contributed by atoms with van der Waals surface area (Å²) in [6, 6.07) is 5.17. The van der Waals surface area contributed by atoms with E-state index in [9.17, 15) is 0 Å². The fourth-order valence-electron chi connectivity index (χ4n) is 1.84. The lowest BCUT2D eigenvalue weighted by molar-refractivity contribution is 0.452. The highest BCUT2D eigenvalue weighted by Gasteiger charge is 2.16. The molecule has 1 nitrogen and oxygen atoms in total. The van der Waals surface area contributed by atoms with E-state index in [1.807, 2.05) is 11.3 Å². The highest BCUT2D eigenvalue weighted by Crippen LogP contribution is 2.29. The maximum absolute atomic E-state index is 3.63. The van der Waals surface area contributed by atoms with Crippen LogP contribution in [0.2, 0.25) is 0 Å². The Morgan fingerprint density at radius 2 is 1.78 bits per heavy atom. The maximum atomic E-state index is 3.63. The summed E-state index contributed by atoms with van der Waals surface area (Å²) < 4.78 is 0. The van der Waals surface area contributed by atoms with Crippen LogP contribution in [0.3, 0.4) is 0 Å². The molecule has 0 spiro atoms. The molecule has 0 aliphatic heterocycles. The Bertz CT molecular complexity index is 346. The van der Waals surface area contributed by atoms with Gasteiger partial charge in [0.1, 0.15) is 0 Å². The van der Waals surface area contributed by atoms with Crippen LogP contribution >= 0.6 is 11.3 Å². The lowest BCUT2D eigenvalue weighted by Gasteiger charge is -2.16. The normalized spacial score (nSPS) is 14.2. The van der Waals surface area contributed by atoms with Gasteiger partial charge in [0.2, 0.25) is 0 Å². The summed E-state index contributed by atoms with van der Waals surface area (Å²) in [5.74, 6) is 0.809. The molecular weight excluding hydrogens is 238 g/mol. The van der Waals surface area contributed by atoms with Gasteiger partial charge in [-0.2, -0.15) is 0 Å². The van der Waals surface area contributed by atoms with Gasteiger partial charge >= 0.3 is 0 Å². The van der Waals surface area contributed by atoms with Crippen molar-refractivity contribution in [3.8, 4) is 0 Å². The largest absolute Gasteiger partial charge is 0.309 e. The first kappa shape index (κ1) is 15.7. The van der Waals surface area contributed by atoms with Crippen molar-refractivity contribution in [2.45, 2.75) is 72.4 Å². The van der Waals surface area contributed by atoms with Crippen molar-refractivity contribution >= 4 is 11.3 Å². The Morgan fingerprint density at radius 1 is 1.11 bits per heavy atom. The monoisotopic (exact) mass is 267 g/mol. The first-order chi connectivity index (χ1) is 8.29. The summed E-state index contributed by atoms with van der Waals surface area (Å²) in [6.07, 6.45) is 2.58. The lowest BCUT2D eigenvalue weighted by atomic mass is 9.95. The van der Waals surface area contributed by atoms with Crippen LogP contribution < -0.4 is 5.32 Å². The fourth-order valence-corrected chi connectivity index (χ4v) is 2.85. The lowest BCUT2D eigenvalue weighted by Crippen LogP contribution is -2.25. The van der Waals surface area contributed by atoms with Crippen LogP contribution in [0.4, 0.5) is 0 Å². The quantitative estimate of drug-likeness (QED) is 0.768. The molecule has 1 atom stereocenters. The first-order valence-corrected chi connectivity index (χ1v) is 7.93. The topological polar surface area (TPSA) is 12.0 Å². The Morgan fingerprint density at radius 3 is 2.28 bits per heavy atom. The second-order valence-electron chi connectivity index (χ2n) is 6.77. The van der Waals surface area contributed by atoms with E-state index in [1.54, 1.807) is 0 Å². The second kappa shape index (κ2) is 6.72. The van der Waals surface area contributed by atoms with Gasteiger partial charge in [0.05, 0.1) is 0 Å². The Hall–Kier alpha value is -0.340. The van der Waals surface area contributed by atoms with E-state index in [0.717, 1.165) is 12.5 Å². The van der Waals surface area contributed by atoms with E-state index in [4.69, 9.17) is 0 Å². The van der Waals surface area contributed by atoms with E-state index in [0.29, 0.717) is 6.04 Å². The highest BCUT2D eigenvalue weighted by atomic mass is 32.1. The minimum absolute atomic E-state index is 0.284. The van der Waals surface area contributed by atoms with Crippen molar-refractivity contribution in [2.75, 3.05) is 0 Å². The third kappa shape index (κ3) is 5.53. The molecule has 0 aliphatic rings. The molecule has 0 amide bonds. The minimum Gasteiger partial charge on any atom is -0.309 e. The summed E-state index contributed by atoms with van der Waals surface area (Å²) in [5.41, 5.74) is 0.284. The molecule has 0 fully saturated rings.